The van der Waals surface area contributed by atoms with Gasteiger partial charge in [-0.3, -0.25) is 4.79 Å². The Kier molecular flexibility index (Phi) is 6.49. The summed E-state index contributed by atoms with van der Waals surface area (Å²) in [5.41, 5.74) is 7.35. The predicted molar refractivity (Wildman–Crippen MR) is 96.6 cm³/mol. The van der Waals surface area contributed by atoms with E-state index in [1.54, 1.807) is 0 Å². The standard InChI is InChI=1S/C19H28N2O.ClH/c1-21(18-9-7-17(20)8-10-18)19(22)13-16-12-15(16)11-14-5-3-2-4-6-14;/h2-6,15-18H,7-13,20H2,1H3;1H. The molecule has 1 aromatic rings. The Labute approximate surface area is 146 Å². The predicted octanol–water partition coefficient (Wildman–Crippen LogP) is 3.41. The summed E-state index contributed by atoms with van der Waals surface area (Å²) < 4.78 is 0. The van der Waals surface area contributed by atoms with E-state index in [4.69, 9.17) is 5.73 Å². The van der Waals surface area contributed by atoms with Gasteiger partial charge in [0.2, 0.25) is 5.91 Å². The molecule has 0 radical (unpaired) electrons. The minimum Gasteiger partial charge on any atom is -0.343 e. The molecule has 23 heavy (non-hydrogen) atoms. The molecule has 2 N–H and O–H groups in total. The fraction of sp³-hybridized carbons (Fsp3) is 0.632. The van der Waals surface area contributed by atoms with E-state index >= 15 is 0 Å². The van der Waals surface area contributed by atoms with Crippen molar-refractivity contribution >= 4 is 18.3 Å². The van der Waals surface area contributed by atoms with E-state index in [2.05, 4.69) is 30.3 Å². The maximum atomic E-state index is 12.5. The van der Waals surface area contributed by atoms with Crippen LogP contribution >= 0.6 is 12.4 Å². The summed E-state index contributed by atoms with van der Waals surface area (Å²) in [5.74, 6) is 1.64. The van der Waals surface area contributed by atoms with E-state index in [1.165, 1.54) is 12.0 Å². The van der Waals surface area contributed by atoms with Crippen molar-refractivity contribution < 1.29 is 4.79 Å². The summed E-state index contributed by atoms with van der Waals surface area (Å²) >= 11 is 0. The Balaban J connectivity index is 0.00000192. The van der Waals surface area contributed by atoms with Crippen LogP contribution in [0.3, 0.4) is 0 Å². The fourth-order valence-corrected chi connectivity index (χ4v) is 3.79. The van der Waals surface area contributed by atoms with Crippen LogP contribution in [0.15, 0.2) is 30.3 Å². The van der Waals surface area contributed by atoms with Gasteiger partial charge in [0.1, 0.15) is 0 Å². The van der Waals surface area contributed by atoms with E-state index < -0.39 is 0 Å². The topological polar surface area (TPSA) is 46.3 Å². The van der Waals surface area contributed by atoms with Crippen LogP contribution in [0.25, 0.3) is 0 Å². The molecule has 1 aromatic carbocycles. The third-order valence-electron chi connectivity index (χ3n) is 5.53. The van der Waals surface area contributed by atoms with Gasteiger partial charge in [0.15, 0.2) is 0 Å². The molecule has 1 amide bonds. The number of hydrogen-bond acceptors (Lipinski definition) is 2. The first-order valence-corrected chi connectivity index (χ1v) is 8.68. The van der Waals surface area contributed by atoms with Gasteiger partial charge >= 0.3 is 0 Å². The van der Waals surface area contributed by atoms with Crippen LogP contribution < -0.4 is 5.73 Å². The summed E-state index contributed by atoms with van der Waals surface area (Å²) in [4.78, 5) is 14.5. The minimum absolute atomic E-state index is 0. The second kappa shape index (κ2) is 8.16. The highest BCUT2D eigenvalue weighted by Gasteiger charge is 2.39. The Hall–Kier alpha value is -1.06. The van der Waals surface area contributed by atoms with Crippen molar-refractivity contribution in [3.63, 3.8) is 0 Å². The molecule has 3 nitrogen and oxygen atoms in total. The number of carbonyl (C=O) groups excluding carboxylic acids is 1. The average molecular weight is 337 g/mol. The molecule has 0 heterocycles. The lowest BCUT2D eigenvalue weighted by Crippen LogP contribution is -2.42. The van der Waals surface area contributed by atoms with E-state index in [0.29, 0.717) is 29.8 Å². The molecule has 4 heteroatoms. The first kappa shape index (κ1) is 18.3. The smallest absolute Gasteiger partial charge is 0.222 e. The van der Waals surface area contributed by atoms with Gasteiger partial charge in [0, 0.05) is 25.6 Å². The van der Waals surface area contributed by atoms with Crippen LogP contribution in [0.2, 0.25) is 0 Å². The van der Waals surface area contributed by atoms with Crippen molar-refractivity contribution in [2.75, 3.05) is 7.05 Å². The number of halogens is 1. The number of carbonyl (C=O) groups is 1. The zero-order valence-corrected chi connectivity index (χ0v) is 14.8. The molecule has 0 aromatic heterocycles. The first-order chi connectivity index (χ1) is 10.6. The van der Waals surface area contributed by atoms with Crippen LogP contribution in [0.1, 0.15) is 44.1 Å². The molecule has 0 saturated heterocycles. The molecule has 2 aliphatic rings. The molecule has 0 bridgehead atoms. The van der Waals surface area contributed by atoms with Gasteiger partial charge < -0.3 is 10.6 Å². The van der Waals surface area contributed by atoms with Gasteiger partial charge in [0.05, 0.1) is 0 Å². The molecule has 2 aliphatic carbocycles. The lowest BCUT2D eigenvalue weighted by Gasteiger charge is -2.33. The summed E-state index contributed by atoms with van der Waals surface area (Å²) in [6.45, 7) is 0. The SMILES string of the molecule is CN(C(=O)CC1CC1Cc1ccccc1)C1CCC(N)CC1.Cl. The highest BCUT2D eigenvalue weighted by Crippen LogP contribution is 2.44. The summed E-state index contributed by atoms with van der Waals surface area (Å²) in [6.07, 6.45) is 7.33. The van der Waals surface area contributed by atoms with Crippen molar-refractivity contribution in [1.82, 2.24) is 4.90 Å². The summed E-state index contributed by atoms with van der Waals surface area (Å²) in [7, 11) is 1.98. The maximum Gasteiger partial charge on any atom is 0.222 e. The monoisotopic (exact) mass is 336 g/mol. The molecular formula is C19H29ClN2O. The van der Waals surface area contributed by atoms with Crippen molar-refractivity contribution in [1.29, 1.82) is 0 Å². The largest absolute Gasteiger partial charge is 0.343 e. The molecule has 2 fully saturated rings. The lowest BCUT2D eigenvalue weighted by atomic mass is 9.91. The molecule has 128 valence electrons. The van der Waals surface area contributed by atoms with Gasteiger partial charge in [-0.2, -0.15) is 0 Å². The molecular weight excluding hydrogens is 308 g/mol. The van der Waals surface area contributed by atoms with Crippen molar-refractivity contribution in [3.05, 3.63) is 35.9 Å². The number of benzene rings is 1. The minimum atomic E-state index is 0. The van der Waals surface area contributed by atoms with Crippen molar-refractivity contribution in [2.45, 2.75) is 57.0 Å². The van der Waals surface area contributed by atoms with Crippen LogP contribution in [0.5, 0.6) is 0 Å². The van der Waals surface area contributed by atoms with E-state index in [9.17, 15) is 4.79 Å². The second-order valence-corrected chi connectivity index (χ2v) is 7.22. The van der Waals surface area contributed by atoms with Gasteiger partial charge in [-0.25, -0.2) is 0 Å². The van der Waals surface area contributed by atoms with Crippen LogP contribution in [0, 0.1) is 11.8 Å². The number of rotatable bonds is 5. The Bertz CT molecular complexity index is 499. The number of nitrogens with zero attached hydrogens (tertiary/aromatic N) is 1. The zero-order chi connectivity index (χ0) is 15.5. The van der Waals surface area contributed by atoms with Crippen LogP contribution in [-0.4, -0.2) is 29.9 Å². The fourth-order valence-electron chi connectivity index (χ4n) is 3.79. The number of nitrogens with two attached hydrogens (primary N) is 1. The number of hydrogen-bond donors (Lipinski definition) is 1. The van der Waals surface area contributed by atoms with Gasteiger partial charge in [0.25, 0.3) is 0 Å². The summed E-state index contributed by atoms with van der Waals surface area (Å²) in [5, 5.41) is 0. The quantitative estimate of drug-likeness (QED) is 0.895. The Morgan fingerprint density at radius 1 is 1.13 bits per heavy atom. The van der Waals surface area contributed by atoms with Gasteiger partial charge in [-0.15, -0.1) is 12.4 Å². The van der Waals surface area contributed by atoms with Gasteiger partial charge in [-0.05, 0) is 55.9 Å². The zero-order valence-electron chi connectivity index (χ0n) is 14.0. The van der Waals surface area contributed by atoms with E-state index in [1.807, 2.05) is 11.9 Å². The highest BCUT2D eigenvalue weighted by molar-refractivity contribution is 5.85. The van der Waals surface area contributed by atoms with Crippen molar-refractivity contribution in [2.24, 2.45) is 17.6 Å². The molecule has 2 atom stereocenters. The average Bonchev–Trinajstić information content (AvgIpc) is 3.25. The normalized spacial score (nSPS) is 29.5. The Morgan fingerprint density at radius 3 is 2.43 bits per heavy atom. The number of amides is 1. The lowest BCUT2D eigenvalue weighted by molar-refractivity contribution is -0.133. The molecule has 2 unspecified atom stereocenters. The molecule has 0 spiro atoms. The molecule has 0 aliphatic heterocycles. The van der Waals surface area contributed by atoms with E-state index in [0.717, 1.165) is 38.5 Å². The second-order valence-electron chi connectivity index (χ2n) is 7.22. The third-order valence-corrected chi connectivity index (χ3v) is 5.53. The Morgan fingerprint density at radius 2 is 1.78 bits per heavy atom. The van der Waals surface area contributed by atoms with Gasteiger partial charge in [-0.1, -0.05) is 30.3 Å². The van der Waals surface area contributed by atoms with Crippen LogP contribution in [-0.2, 0) is 11.2 Å². The maximum absolute atomic E-state index is 12.5. The molecule has 2 saturated carbocycles. The first-order valence-electron chi connectivity index (χ1n) is 8.68. The van der Waals surface area contributed by atoms with Crippen LogP contribution in [0.4, 0.5) is 0 Å². The highest BCUT2D eigenvalue weighted by atomic mass is 35.5. The molecule has 3 rings (SSSR count). The third kappa shape index (κ3) is 4.95. The summed E-state index contributed by atoms with van der Waals surface area (Å²) in [6, 6.07) is 11.4. The van der Waals surface area contributed by atoms with Crippen molar-refractivity contribution in [3.8, 4) is 0 Å². The van der Waals surface area contributed by atoms with E-state index in [-0.39, 0.29) is 12.4 Å².